The second kappa shape index (κ2) is 10.0. The summed E-state index contributed by atoms with van der Waals surface area (Å²) in [4.78, 5) is 26.2. The van der Waals surface area contributed by atoms with Crippen molar-refractivity contribution < 1.29 is 4.79 Å². The SMILES string of the molecule is Cn1cc(-c2cccc(CN3CCC(N/C(N)=N/C(=O)c4nc(Cl)c(N)nc4N)CC3)c2)nn1. The molecule has 0 radical (unpaired) electrons. The molecule has 1 aliphatic rings. The molecular formula is C21H26ClN11O. The summed E-state index contributed by atoms with van der Waals surface area (Å²) in [6.07, 6.45) is 3.60. The summed E-state index contributed by atoms with van der Waals surface area (Å²) in [6.45, 7) is 2.58. The van der Waals surface area contributed by atoms with Crippen LogP contribution in [0, 0.1) is 0 Å². The zero-order valence-corrected chi connectivity index (χ0v) is 19.4. The van der Waals surface area contributed by atoms with Crippen LogP contribution in [0.1, 0.15) is 28.9 Å². The second-order valence-electron chi connectivity index (χ2n) is 8.11. The molecule has 0 spiro atoms. The van der Waals surface area contributed by atoms with E-state index >= 15 is 0 Å². The van der Waals surface area contributed by atoms with E-state index in [1.54, 1.807) is 4.68 Å². The van der Waals surface area contributed by atoms with E-state index in [0.29, 0.717) is 0 Å². The quantitative estimate of drug-likeness (QED) is 0.299. The Labute approximate surface area is 201 Å². The minimum atomic E-state index is -0.739. The van der Waals surface area contributed by atoms with Crippen molar-refractivity contribution in [2.24, 2.45) is 17.8 Å². The highest BCUT2D eigenvalue weighted by Crippen LogP contribution is 2.20. The summed E-state index contributed by atoms with van der Waals surface area (Å²) < 4.78 is 1.69. The van der Waals surface area contributed by atoms with E-state index < -0.39 is 5.91 Å². The number of rotatable bonds is 5. The Morgan fingerprint density at radius 1 is 1.24 bits per heavy atom. The van der Waals surface area contributed by atoms with Crippen molar-refractivity contribution in [2.45, 2.75) is 25.4 Å². The molecule has 2 aromatic heterocycles. The molecule has 1 fully saturated rings. The number of likely N-dealkylation sites (tertiary alicyclic amines) is 1. The molecule has 34 heavy (non-hydrogen) atoms. The fourth-order valence-electron chi connectivity index (χ4n) is 3.80. The van der Waals surface area contributed by atoms with Crippen molar-refractivity contribution >= 4 is 35.1 Å². The van der Waals surface area contributed by atoms with Crippen molar-refractivity contribution in [2.75, 3.05) is 24.6 Å². The lowest BCUT2D eigenvalue weighted by Crippen LogP contribution is -2.47. The first kappa shape index (κ1) is 23.4. The fraction of sp³-hybridized carbons (Fsp3) is 0.333. The first-order valence-electron chi connectivity index (χ1n) is 10.7. The molecule has 0 aliphatic carbocycles. The highest BCUT2D eigenvalue weighted by atomic mass is 35.5. The number of amides is 1. The van der Waals surface area contributed by atoms with Crippen LogP contribution < -0.4 is 22.5 Å². The Balaban J connectivity index is 1.30. The number of guanidine groups is 1. The van der Waals surface area contributed by atoms with Gasteiger partial charge in [0.2, 0.25) is 0 Å². The van der Waals surface area contributed by atoms with Crippen molar-refractivity contribution in [1.82, 2.24) is 35.2 Å². The van der Waals surface area contributed by atoms with Gasteiger partial charge in [0.05, 0.1) is 6.20 Å². The number of nitrogen functional groups attached to an aromatic ring is 2. The molecule has 0 saturated carbocycles. The fourth-order valence-corrected chi connectivity index (χ4v) is 3.93. The molecule has 7 N–H and O–H groups in total. The number of nitrogens with two attached hydrogens (primary N) is 3. The molecule has 0 bridgehead atoms. The number of aryl methyl sites for hydroxylation is 1. The van der Waals surface area contributed by atoms with Gasteiger partial charge in [-0.25, -0.2) is 9.97 Å². The van der Waals surface area contributed by atoms with E-state index in [2.05, 4.69) is 47.6 Å². The zero-order chi connectivity index (χ0) is 24.2. The van der Waals surface area contributed by atoms with E-state index in [0.717, 1.165) is 43.7 Å². The van der Waals surface area contributed by atoms with Gasteiger partial charge in [0, 0.05) is 38.3 Å². The predicted octanol–water partition coefficient (Wildman–Crippen LogP) is 0.799. The lowest BCUT2D eigenvalue weighted by atomic mass is 10.0. The number of anilines is 2. The number of carbonyl (C=O) groups excluding carboxylic acids is 1. The highest BCUT2D eigenvalue weighted by molar-refractivity contribution is 6.31. The van der Waals surface area contributed by atoms with Gasteiger partial charge in [0.15, 0.2) is 28.4 Å². The van der Waals surface area contributed by atoms with Gasteiger partial charge < -0.3 is 22.5 Å². The van der Waals surface area contributed by atoms with Crippen molar-refractivity contribution in [1.29, 1.82) is 0 Å². The van der Waals surface area contributed by atoms with E-state index in [-0.39, 0.29) is 34.5 Å². The van der Waals surface area contributed by atoms with E-state index in [1.807, 2.05) is 25.4 Å². The smallest absolute Gasteiger partial charge is 0.302 e. The van der Waals surface area contributed by atoms with Crippen molar-refractivity contribution in [3.8, 4) is 11.3 Å². The first-order valence-corrected chi connectivity index (χ1v) is 11.1. The van der Waals surface area contributed by atoms with Crippen LogP contribution in [0.25, 0.3) is 11.3 Å². The number of aliphatic imine (C=N–C) groups is 1. The van der Waals surface area contributed by atoms with Gasteiger partial charge in [0.1, 0.15) is 5.69 Å². The standard InChI is InChI=1S/C21H26ClN11O/c1-32-11-15(30-31-32)13-4-2-3-12(9-13)10-33-7-5-14(6-8-33)26-21(25)29-20(34)16-18(23)28-19(24)17(22)27-16/h2-4,9,11,14H,5-8,10H2,1H3,(H4,23,24,28)(H3,25,26,29,34). The van der Waals surface area contributed by atoms with Gasteiger partial charge in [-0.2, -0.15) is 4.99 Å². The molecule has 1 amide bonds. The molecule has 0 unspecified atom stereocenters. The van der Waals surface area contributed by atoms with Crippen LogP contribution in [0.4, 0.5) is 11.6 Å². The summed E-state index contributed by atoms with van der Waals surface area (Å²) in [6, 6.07) is 8.41. The highest BCUT2D eigenvalue weighted by Gasteiger charge is 2.21. The first-order chi connectivity index (χ1) is 16.3. The van der Waals surface area contributed by atoms with E-state index in [9.17, 15) is 4.79 Å². The van der Waals surface area contributed by atoms with Crippen molar-refractivity contribution in [3.63, 3.8) is 0 Å². The molecule has 1 aliphatic heterocycles. The van der Waals surface area contributed by atoms with Crippen LogP contribution in [0.2, 0.25) is 5.15 Å². The predicted molar refractivity (Wildman–Crippen MR) is 130 cm³/mol. The maximum Gasteiger partial charge on any atom is 0.302 e. The van der Waals surface area contributed by atoms with Gasteiger partial charge in [-0.3, -0.25) is 14.4 Å². The van der Waals surface area contributed by atoms with E-state index in [1.165, 1.54) is 5.56 Å². The Kier molecular flexibility index (Phi) is 6.89. The molecule has 1 saturated heterocycles. The average molecular weight is 484 g/mol. The Bertz CT molecular complexity index is 1220. The molecule has 4 rings (SSSR count). The minimum Gasteiger partial charge on any atom is -0.382 e. The zero-order valence-electron chi connectivity index (χ0n) is 18.6. The summed E-state index contributed by atoms with van der Waals surface area (Å²) in [5.41, 5.74) is 20.1. The number of hydrogen-bond donors (Lipinski definition) is 4. The maximum absolute atomic E-state index is 12.4. The molecule has 13 heteroatoms. The number of halogens is 1. The van der Waals surface area contributed by atoms with Gasteiger partial charge in [-0.15, -0.1) is 5.10 Å². The van der Waals surface area contributed by atoms with Crippen LogP contribution in [0.15, 0.2) is 35.5 Å². The Morgan fingerprint density at radius 3 is 2.71 bits per heavy atom. The Morgan fingerprint density at radius 2 is 2.00 bits per heavy atom. The summed E-state index contributed by atoms with van der Waals surface area (Å²) >= 11 is 5.82. The van der Waals surface area contributed by atoms with Gasteiger partial charge in [0.25, 0.3) is 0 Å². The van der Waals surface area contributed by atoms with E-state index in [4.69, 9.17) is 28.8 Å². The monoisotopic (exact) mass is 483 g/mol. The number of carbonyl (C=O) groups is 1. The number of benzene rings is 1. The summed E-state index contributed by atoms with van der Waals surface area (Å²) in [5, 5.41) is 11.2. The van der Waals surface area contributed by atoms with Crippen LogP contribution in [0.3, 0.4) is 0 Å². The van der Waals surface area contributed by atoms with Crippen molar-refractivity contribution in [3.05, 3.63) is 46.9 Å². The third-order valence-electron chi connectivity index (χ3n) is 5.50. The van der Waals surface area contributed by atoms with Gasteiger partial charge in [-0.1, -0.05) is 35.0 Å². The summed E-state index contributed by atoms with van der Waals surface area (Å²) in [7, 11) is 1.85. The molecule has 1 aromatic carbocycles. The normalized spacial score (nSPS) is 15.4. The third kappa shape index (κ3) is 5.58. The lowest BCUT2D eigenvalue weighted by molar-refractivity contribution is 0.0998. The molecule has 3 aromatic rings. The van der Waals surface area contributed by atoms with Gasteiger partial charge >= 0.3 is 5.91 Å². The van der Waals surface area contributed by atoms with Crippen LogP contribution in [-0.4, -0.2) is 60.9 Å². The Hall–Kier alpha value is -3.77. The molecule has 3 heterocycles. The molecular weight excluding hydrogens is 458 g/mol. The number of nitrogens with one attached hydrogen (secondary N) is 1. The third-order valence-corrected chi connectivity index (χ3v) is 5.78. The van der Waals surface area contributed by atoms with Gasteiger partial charge in [-0.05, 0) is 24.5 Å². The van der Waals surface area contributed by atoms with Crippen LogP contribution >= 0.6 is 11.6 Å². The van der Waals surface area contributed by atoms with Crippen LogP contribution in [-0.2, 0) is 13.6 Å². The second-order valence-corrected chi connectivity index (χ2v) is 8.47. The number of piperidine rings is 1. The number of aromatic nitrogens is 5. The minimum absolute atomic E-state index is 0.00531. The topological polar surface area (TPSA) is 179 Å². The summed E-state index contributed by atoms with van der Waals surface area (Å²) in [5.74, 6) is -0.954. The maximum atomic E-state index is 12.4. The molecule has 0 atom stereocenters. The number of hydrogen-bond acceptors (Lipinski definition) is 8. The van der Waals surface area contributed by atoms with Crippen LogP contribution in [0.5, 0.6) is 0 Å². The number of nitrogens with zero attached hydrogens (tertiary/aromatic N) is 7. The molecule has 12 nitrogen and oxygen atoms in total. The largest absolute Gasteiger partial charge is 0.382 e. The lowest BCUT2D eigenvalue weighted by Gasteiger charge is -2.32. The molecule has 178 valence electrons. The average Bonchev–Trinajstić information content (AvgIpc) is 3.24.